The van der Waals surface area contributed by atoms with Crippen LogP contribution in [0.2, 0.25) is 0 Å². The monoisotopic (exact) mass is 127 g/mol. The van der Waals surface area contributed by atoms with Crippen molar-refractivity contribution in [2.75, 3.05) is 13.6 Å². The van der Waals surface area contributed by atoms with Crippen molar-refractivity contribution in [3.63, 3.8) is 0 Å². The van der Waals surface area contributed by atoms with E-state index in [2.05, 4.69) is 31.3 Å². The van der Waals surface area contributed by atoms with Crippen molar-refractivity contribution in [1.82, 2.24) is 5.32 Å². The number of nitrogens with one attached hydrogen (secondary N) is 1. The smallest absolute Gasteiger partial charge is 0.0131 e. The Balaban J connectivity index is 3.04. The van der Waals surface area contributed by atoms with Crippen molar-refractivity contribution >= 4 is 0 Å². The number of rotatable bonds is 4. The Morgan fingerprint density at radius 3 is 2.44 bits per heavy atom. The van der Waals surface area contributed by atoms with Crippen LogP contribution >= 0.6 is 0 Å². The molecule has 0 saturated carbocycles. The third-order valence-electron chi connectivity index (χ3n) is 1.10. The molecule has 0 fully saturated rings. The third kappa shape index (κ3) is 7.70. The highest BCUT2D eigenvalue weighted by molar-refractivity contribution is 4.83. The van der Waals surface area contributed by atoms with Crippen LogP contribution in [0.3, 0.4) is 0 Å². The van der Waals surface area contributed by atoms with Gasteiger partial charge >= 0.3 is 0 Å². The number of allylic oxidation sites excluding steroid dienone is 1. The minimum Gasteiger partial charge on any atom is -0.316 e. The maximum atomic E-state index is 3.05. The molecule has 0 amide bonds. The molecular weight excluding hydrogens is 110 g/mol. The van der Waals surface area contributed by atoms with Crippen LogP contribution < -0.4 is 5.32 Å². The summed E-state index contributed by atoms with van der Waals surface area (Å²) in [4.78, 5) is 0. The zero-order valence-electron chi connectivity index (χ0n) is 6.65. The van der Waals surface area contributed by atoms with Gasteiger partial charge in [-0.05, 0) is 19.4 Å². The molecule has 0 aromatic rings. The van der Waals surface area contributed by atoms with Crippen LogP contribution in [0.15, 0.2) is 12.2 Å². The molecule has 0 saturated heterocycles. The molecule has 1 nitrogen and oxygen atoms in total. The lowest BCUT2D eigenvalue weighted by atomic mass is 10.1. The second-order valence-electron chi connectivity index (χ2n) is 2.66. The molecule has 0 atom stereocenters. The molecule has 54 valence electrons. The van der Waals surface area contributed by atoms with Crippen LogP contribution in [0, 0.1) is 5.92 Å². The predicted molar refractivity (Wildman–Crippen MR) is 42.5 cm³/mol. The zero-order chi connectivity index (χ0) is 7.11. The first-order valence-corrected chi connectivity index (χ1v) is 3.57. The first kappa shape index (κ1) is 8.70. The van der Waals surface area contributed by atoms with E-state index < -0.39 is 0 Å². The van der Waals surface area contributed by atoms with Gasteiger partial charge in [-0.1, -0.05) is 26.0 Å². The maximum absolute atomic E-state index is 3.05. The topological polar surface area (TPSA) is 12.0 Å². The lowest BCUT2D eigenvalue weighted by Gasteiger charge is -1.95. The minimum atomic E-state index is 0.790. The molecule has 0 aromatic carbocycles. The highest BCUT2D eigenvalue weighted by Crippen LogP contribution is 1.98. The molecule has 0 aliphatic carbocycles. The van der Waals surface area contributed by atoms with Crippen LogP contribution in [0.4, 0.5) is 0 Å². The molecule has 0 aromatic heterocycles. The summed E-state index contributed by atoms with van der Waals surface area (Å²) >= 11 is 0. The molecule has 9 heavy (non-hydrogen) atoms. The van der Waals surface area contributed by atoms with E-state index in [0.717, 1.165) is 12.5 Å². The van der Waals surface area contributed by atoms with Crippen molar-refractivity contribution in [1.29, 1.82) is 0 Å². The predicted octanol–water partition coefficient (Wildman–Crippen LogP) is 1.81. The molecule has 0 heterocycles. The maximum Gasteiger partial charge on any atom is 0.0131 e. The number of hydrogen-bond donors (Lipinski definition) is 1. The number of likely N-dealkylation sites (N-methyl/N-ethyl adjacent to an activating group) is 1. The lowest BCUT2D eigenvalue weighted by Crippen LogP contribution is -2.03. The fourth-order valence-corrected chi connectivity index (χ4v) is 0.570. The van der Waals surface area contributed by atoms with Crippen LogP contribution in [0.25, 0.3) is 0 Å². The fraction of sp³-hybridized carbons (Fsp3) is 0.750. The van der Waals surface area contributed by atoms with E-state index in [1.807, 2.05) is 7.05 Å². The van der Waals surface area contributed by atoms with E-state index in [4.69, 9.17) is 0 Å². The normalized spacial score (nSPS) is 11.6. The van der Waals surface area contributed by atoms with E-state index in [1.54, 1.807) is 0 Å². The van der Waals surface area contributed by atoms with Crippen molar-refractivity contribution in [3.8, 4) is 0 Å². The molecule has 0 bridgehead atoms. The summed E-state index contributed by atoms with van der Waals surface area (Å²) in [7, 11) is 1.96. The van der Waals surface area contributed by atoms with Crippen molar-refractivity contribution < 1.29 is 0 Å². The van der Waals surface area contributed by atoms with Gasteiger partial charge in [0.15, 0.2) is 0 Å². The SMILES string of the molecule is CNC/C=C\CC(C)C. The first-order valence-electron chi connectivity index (χ1n) is 3.57. The summed E-state index contributed by atoms with van der Waals surface area (Å²) in [6.45, 7) is 5.44. The molecular formula is C8H17N. The largest absolute Gasteiger partial charge is 0.316 e. The van der Waals surface area contributed by atoms with E-state index in [0.29, 0.717) is 0 Å². The average molecular weight is 127 g/mol. The Morgan fingerprint density at radius 2 is 2.00 bits per heavy atom. The van der Waals surface area contributed by atoms with Gasteiger partial charge in [-0.3, -0.25) is 0 Å². The summed E-state index contributed by atoms with van der Waals surface area (Å²) < 4.78 is 0. The first-order chi connectivity index (χ1) is 4.27. The molecule has 0 aliphatic rings. The third-order valence-corrected chi connectivity index (χ3v) is 1.10. The Kier molecular flexibility index (Phi) is 5.64. The number of hydrogen-bond acceptors (Lipinski definition) is 1. The van der Waals surface area contributed by atoms with Gasteiger partial charge in [-0.15, -0.1) is 0 Å². The van der Waals surface area contributed by atoms with Gasteiger partial charge in [-0.25, -0.2) is 0 Å². The van der Waals surface area contributed by atoms with E-state index in [1.165, 1.54) is 6.42 Å². The second kappa shape index (κ2) is 5.83. The van der Waals surface area contributed by atoms with Gasteiger partial charge in [0.05, 0.1) is 0 Å². The molecule has 1 heteroatoms. The van der Waals surface area contributed by atoms with E-state index in [9.17, 15) is 0 Å². The quantitative estimate of drug-likeness (QED) is 0.568. The van der Waals surface area contributed by atoms with Gasteiger partial charge in [0, 0.05) is 6.54 Å². The summed E-state index contributed by atoms with van der Waals surface area (Å²) in [6, 6.07) is 0. The zero-order valence-corrected chi connectivity index (χ0v) is 6.65. The summed E-state index contributed by atoms with van der Waals surface area (Å²) in [5, 5.41) is 3.05. The lowest BCUT2D eigenvalue weighted by molar-refractivity contribution is 0.662. The standard InChI is InChI=1S/C8H17N/c1-8(2)6-4-5-7-9-3/h4-5,8-9H,6-7H2,1-3H3/b5-4-. The molecule has 0 radical (unpaired) electrons. The Labute approximate surface area is 58.2 Å². The molecule has 1 N–H and O–H groups in total. The Morgan fingerprint density at radius 1 is 1.33 bits per heavy atom. The Hall–Kier alpha value is -0.300. The van der Waals surface area contributed by atoms with Crippen molar-refractivity contribution in [2.24, 2.45) is 5.92 Å². The summed E-state index contributed by atoms with van der Waals surface area (Å²) in [6.07, 6.45) is 5.59. The highest BCUT2D eigenvalue weighted by Gasteiger charge is 1.85. The van der Waals surface area contributed by atoms with Crippen LogP contribution in [-0.4, -0.2) is 13.6 Å². The van der Waals surface area contributed by atoms with Crippen molar-refractivity contribution in [2.45, 2.75) is 20.3 Å². The summed E-state index contributed by atoms with van der Waals surface area (Å²) in [5.41, 5.74) is 0. The van der Waals surface area contributed by atoms with Crippen molar-refractivity contribution in [3.05, 3.63) is 12.2 Å². The summed E-state index contributed by atoms with van der Waals surface area (Å²) in [5.74, 6) is 0.790. The van der Waals surface area contributed by atoms with E-state index in [-0.39, 0.29) is 0 Å². The van der Waals surface area contributed by atoms with Gasteiger partial charge < -0.3 is 5.32 Å². The van der Waals surface area contributed by atoms with Crippen LogP contribution in [-0.2, 0) is 0 Å². The van der Waals surface area contributed by atoms with Crippen LogP contribution in [0.5, 0.6) is 0 Å². The molecule has 0 rings (SSSR count). The molecule has 0 aliphatic heterocycles. The van der Waals surface area contributed by atoms with Gasteiger partial charge in [0.1, 0.15) is 0 Å². The molecule has 0 spiro atoms. The van der Waals surface area contributed by atoms with Gasteiger partial charge in [-0.2, -0.15) is 0 Å². The molecule has 0 unspecified atom stereocenters. The Bertz CT molecular complexity index is 74.6. The van der Waals surface area contributed by atoms with Gasteiger partial charge in [0.25, 0.3) is 0 Å². The van der Waals surface area contributed by atoms with Gasteiger partial charge in [0.2, 0.25) is 0 Å². The highest BCUT2D eigenvalue weighted by atomic mass is 14.8. The van der Waals surface area contributed by atoms with E-state index >= 15 is 0 Å². The minimum absolute atomic E-state index is 0.790. The average Bonchev–Trinajstić information content (AvgIpc) is 1.80. The van der Waals surface area contributed by atoms with Crippen LogP contribution in [0.1, 0.15) is 20.3 Å². The fourth-order valence-electron chi connectivity index (χ4n) is 0.570. The second-order valence-corrected chi connectivity index (χ2v) is 2.66.